The van der Waals surface area contributed by atoms with E-state index in [-0.39, 0.29) is 18.6 Å². The molecule has 0 radical (unpaired) electrons. The summed E-state index contributed by atoms with van der Waals surface area (Å²) in [7, 11) is 3.43. The van der Waals surface area contributed by atoms with Crippen molar-refractivity contribution in [3.05, 3.63) is 48.5 Å². The Labute approximate surface area is 110 Å². The molecule has 2 nitrogen and oxygen atoms in total. The van der Waals surface area contributed by atoms with E-state index in [2.05, 4.69) is 12.1 Å². The fourth-order valence-corrected chi connectivity index (χ4v) is 4.29. The molecule has 92 valence electrons. The van der Waals surface area contributed by atoms with E-state index < -0.39 is 0 Å². The zero-order valence-corrected chi connectivity index (χ0v) is 12.0. The number of rotatable bonds is 4. The molecule has 0 N–H and O–H groups in total. The standard InChI is InChI=1S/2C7H7O.Pt/c2*1-8-7-5-3-2-4-6-7;/h2*2-5H,1H3;. The van der Waals surface area contributed by atoms with Gasteiger partial charge in [-0.15, -0.1) is 0 Å². The van der Waals surface area contributed by atoms with Gasteiger partial charge in [0.15, 0.2) is 0 Å². The van der Waals surface area contributed by atoms with Crippen LogP contribution in [0.2, 0.25) is 0 Å². The number of para-hydroxylation sites is 2. The van der Waals surface area contributed by atoms with Crippen molar-refractivity contribution in [3.8, 4) is 11.5 Å². The fraction of sp³-hybridized carbons (Fsp3) is 0.143. The van der Waals surface area contributed by atoms with Gasteiger partial charge in [-0.05, 0) is 0 Å². The average molecular weight is 409 g/mol. The Morgan fingerprint density at radius 3 is 1.53 bits per heavy atom. The first-order valence-electron chi connectivity index (χ1n) is 5.20. The molecule has 2 rings (SSSR count). The Hall–Kier alpha value is -1.27. The van der Waals surface area contributed by atoms with Crippen molar-refractivity contribution >= 4 is 7.91 Å². The van der Waals surface area contributed by atoms with Gasteiger partial charge in [0, 0.05) is 0 Å². The summed E-state index contributed by atoms with van der Waals surface area (Å²) < 4.78 is 13.3. The van der Waals surface area contributed by atoms with E-state index in [4.69, 9.17) is 9.47 Å². The molecule has 0 saturated heterocycles. The second-order valence-corrected chi connectivity index (χ2v) is 6.30. The Bertz CT molecular complexity index is 452. The molecule has 0 spiro atoms. The predicted octanol–water partition coefficient (Wildman–Crippen LogP) is 1.74. The van der Waals surface area contributed by atoms with Gasteiger partial charge < -0.3 is 0 Å². The molecule has 0 amide bonds. The zero-order chi connectivity index (χ0) is 12.1. The van der Waals surface area contributed by atoms with Gasteiger partial charge in [0.05, 0.1) is 0 Å². The summed E-state index contributed by atoms with van der Waals surface area (Å²) in [5.41, 5.74) is 0. The number of hydrogen-bond donors (Lipinski definition) is 0. The third kappa shape index (κ3) is 2.89. The van der Waals surface area contributed by atoms with Crippen molar-refractivity contribution in [2.24, 2.45) is 0 Å². The van der Waals surface area contributed by atoms with Crippen molar-refractivity contribution < 1.29 is 28.0 Å². The van der Waals surface area contributed by atoms with E-state index in [1.165, 1.54) is 7.91 Å². The maximum absolute atomic E-state index is 5.38. The quantitative estimate of drug-likeness (QED) is 0.766. The molecule has 17 heavy (non-hydrogen) atoms. The summed E-state index contributed by atoms with van der Waals surface area (Å²) in [6, 6.07) is 16.3. The topological polar surface area (TPSA) is 18.5 Å². The minimum atomic E-state index is -0.288. The van der Waals surface area contributed by atoms with Gasteiger partial charge >= 0.3 is 110 Å². The molecule has 0 heterocycles. The minimum absolute atomic E-state index is 0.288. The van der Waals surface area contributed by atoms with Gasteiger partial charge in [-0.25, -0.2) is 0 Å². The Kier molecular flexibility index (Phi) is 4.22. The monoisotopic (exact) mass is 409 g/mol. The Balaban J connectivity index is 2.31. The molecule has 2 aromatic carbocycles. The maximum atomic E-state index is 5.38. The summed E-state index contributed by atoms with van der Waals surface area (Å²) in [6.45, 7) is 0. The van der Waals surface area contributed by atoms with Gasteiger partial charge in [0.2, 0.25) is 0 Å². The number of methoxy groups -OCH3 is 2. The normalized spacial score (nSPS) is 10.2. The van der Waals surface area contributed by atoms with Crippen LogP contribution in [0.5, 0.6) is 11.5 Å². The van der Waals surface area contributed by atoms with Crippen molar-refractivity contribution in [2.75, 3.05) is 14.2 Å². The van der Waals surface area contributed by atoms with Crippen molar-refractivity contribution in [1.29, 1.82) is 0 Å². The summed E-state index contributed by atoms with van der Waals surface area (Å²) in [6.07, 6.45) is 0. The van der Waals surface area contributed by atoms with Crippen molar-refractivity contribution in [3.63, 3.8) is 0 Å². The first-order valence-corrected chi connectivity index (χ1v) is 7.47. The average Bonchev–Trinajstić information content (AvgIpc) is 2.40. The fourth-order valence-electron chi connectivity index (χ4n) is 1.41. The molecule has 0 aliphatic rings. The van der Waals surface area contributed by atoms with E-state index in [1.54, 1.807) is 14.2 Å². The molecule has 0 aromatic heterocycles. The second kappa shape index (κ2) is 5.88. The van der Waals surface area contributed by atoms with E-state index in [1.807, 2.05) is 36.4 Å². The molecule has 0 bridgehead atoms. The van der Waals surface area contributed by atoms with Crippen molar-refractivity contribution in [1.82, 2.24) is 0 Å². The van der Waals surface area contributed by atoms with E-state index in [9.17, 15) is 0 Å². The van der Waals surface area contributed by atoms with Crippen LogP contribution in [-0.2, 0) is 18.6 Å². The third-order valence-electron chi connectivity index (χ3n) is 2.23. The molecule has 0 saturated carbocycles. The first-order chi connectivity index (χ1) is 8.35. The summed E-state index contributed by atoms with van der Waals surface area (Å²) in [5, 5.41) is 0. The van der Waals surface area contributed by atoms with E-state index in [0.717, 1.165) is 11.5 Å². The summed E-state index contributed by atoms with van der Waals surface area (Å²) in [4.78, 5) is 0. The molecule has 2 aromatic rings. The van der Waals surface area contributed by atoms with Crippen LogP contribution < -0.4 is 17.4 Å². The first kappa shape index (κ1) is 12.2. The molecular formula is C14H14O2Pt. The van der Waals surface area contributed by atoms with Crippen LogP contribution in [0.25, 0.3) is 0 Å². The molecule has 0 atom stereocenters. The molecular weight excluding hydrogens is 395 g/mol. The van der Waals surface area contributed by atoms with Crippen LogP contribution in [-0.4, -0.2) is 14.2 Å². The van der Waals surface area contributed by atoms with E-state index in [0.29, 0.717) is 0 Å². The molecule has 0 fully saturated rings. The van der Waals surface area contributed by atoms with Gasteiger partial charge in [0.25, 0.3) is 0 Å². The molecule has 0 aliphatic heterocycles. The number of hydrogen-bond acceptors (Lipinski definition) is 2. The molecule has 0 aliphatic carbocycles. The predicted molar refractivity (Wildman–Crippen MR) is 65.3 cm³/mol. The Morgan fingerprint density at radius 2 is 1.12 bits per heavy atom. The third-order valence-corrected chi connectivity index (χ3v) is 5.33. The van der Waals surface area contributed by atoms with Crippen LogP contribution in [0.1, 0.15) is 0 Å². The van der Waals surface area contributed by atoms with Crippen LogP contribution >= 0.6 is 0 Å². The second-order valence-electron chi connectivity index (χ2n) is 3.28. The SMILES string of the molecule is COc1cccc[c]1[Pt][c]1ccccc1OC. The van der Waals surface area contributed by atoms with Gasteiger partial charge in [-0.3, -0.25) is 0 Å². The van der Waals surface area contributed by atoms with Gasteiger partial charge in [0.1, 0.15) is 0 Å². The van der Waals surface area contributed by atoms with Gasteiger partial charge in [-0.2, -0.15) is 0 Å². The van der Waals surface area contributed by atoms with Crippen molar-refractivity contribution in [2.45, 2.75) is 0 Å². The number of benzene rings is 2. The molecule has 3 heteroatoms. The number of ether oxygens (including phenoxy) is 2. The van der Waals surface area contributed by atoms with Crippen LogP contribution in [0.3, 0.4) is 0 Å². The van der Waals surface area contributed by atoms with Gasteiger partial charge in [-0.1, -0.05) is 0 Å². The zero-order valence-electron chi connectivity index (χ0n) is 9.75. The van der Waals surface area contributed by atoms with Crippen LogP contribution in [0, 0.1) is 0 Å². The van der Waals surface area contributed by atoms with Crippen LogP contribution in [0.4, 0.5) is 0 Å². The molecule has 0 unspecified atom stereocenters. The summed E-state index contributed by atoms with van der Waals surface area (Å²) >= 11 is -0.288. The Morgan fingerprint density at radius 1 is 0.706 bits per heavy atom. The van der Waals surface area contributed by atoms with E-state index >= 15 is 0 Å². The van der Waals surface area contributed by atoms with Crippen LogP contribution in [0.15, 0.2) is 48.5 Å². The summed E-state index contributed by atoms with van der Waals surface area (Å²) in [5.74, 6) is 1.93.